The first kappa shape index (κ1) is 15.0. The van der Waals surface area contributed by atoms with Crippen LogP contribution in [0.5, 0.6) is 0 Å². The molecule has 1 saturated heterocycles. The van der Waals surface area contributed by atoms with E-state index in [2.05, 4.69) is 5.32 Å². The largest absolute Gasteiger partial charge is 0.369 e. The van der Waals surface area contributed by atoms with E-state index in [1.165, 1.54) is 0 Å². The Balaban J connectivity index is 1.72. The molecule has 0 aromatic heterocycles. The van der Waals surface area contributed by atoms with Crippen LogP contribution >= 0.6 is 0 Å². The molecule has 3 rings (SSSR count). The Labute approximate surface area is 130 Å². The van der Waals surface area contributed by atoms with Crippen molar-refractivity contribution in [3.63, 3.8) is 0 Å². The Kier molecular flexibility index (Phi) is 4.43. The highest BCUT2D eigenvalue weighted by Crippen LogP contribution is 2.30. The van der Waals surface area contributed by atoms with Gasteiger partial charge in [0, 0.05) is 18.7 Å². The van der Waals surface area contributed by atoms with Gasteiger partial charge in [-0.2, -0.15) is 0 Å². The van der Waals surface area contributed by atoms with Crippen molar-refractivity contribution in [2.45, 2.75) is 25.7 Å². The second kappa shape index (κ2) is 6.48. The SMILES string of the molecule is NC(=O)C1Cc2ccccc2N(C(=O)CCC2CCNC2)C1. The molecule has 2 unspecified atom stereocenters. The molecule has 0 radical (unpaired) electrons. The summed E-state index contributed by atoms with van der Waals surface area (Å²) < 4.78 is 0. The summed E-state index contributed by atoms with van der Waals surface area (Å²) in [6.07, 6.45) is 3.22. The molecule has 2 amide bonds. The van der Waals surface area contributed by atoms with Gasteiger partial charge in [-0.25, -0.2) is 0 Å². The lowest BCUT2D eigenvalue weighted by Crippen LogP contribution is -2.44. The highest BCUT2D eigenvalue weighted by atomic mass is 16.2. The maximum Gasteiger partial charge on any atom is 0.227 e. The summed E-state index contributed by atoms with van der Waals surface area (Å²) in [5.41, 5.74) is 7.45. The van der Waals surface area contributed by atoms with E-state index in [-0.39, 0.29) is 17.7 Å². The third kappa shape index (κ3) is 3.14. The third-order valence-electron chi connectivity index (χ3n) is 4.78. The lowest BCUT2D eigenvalue weighted by Gasteiger charge is -2.33. The number of carbonyl (C=O) groups is 2. The number of primary amides is 1. The number of benzene rings is 1. The van der Waals surface area contributed by atoms with Crippen LogP contribution in [0.1, 0.15) is 24.8 Å². The molecule has 3 N–H and O–H groups in total. The zero-order valence-electron chi connectivity index (χ0n) is 12.8. The van der Waals surface area contributed by atoms with E-state index in [9.17, 15) is 9.59 Å². The molecule has 2 aliphatic rings. The number of fused-ring (bicyclic) bond motifs is 1. The minimum atomic E-state index is -0.327. The number of nitrogens with two attached hydrogens (primary N) is 1. The molecular formula is C17H23N3O2. The number of para-hydroxylation sites is 1. The average Bonchev–Trinajstić information content (AvgIpc) is 3.04. The van der Waals surface area contributed by atoms with Gasteiger partial charge in [0.15, 0.2) is 0 Å². The summed E-state index contributed by atoms with van der Waals surface area (Å²) in [6.45, 7) is 2.47. The van der Waals surface area contributed by atoms with Gasteiger partial charge in [0.05, 0.1) is 5.92 Å². The van der Waals surface area contributed by atoms with Crippen LogP contribution in [0.25, 0.3) is 0 Å². The van der Waals surface area contributed by atoms with Crippen molar-refractivity contribution in [3.05, 3.63) is 29.8 Å². The van der Waals surface area contributed by atoms with Crippen LogP contribution in [-0.2, 0) is 16.0 Å². The summed E-state index contributed by atoms with van der Waals surface area (Å²) in [5, 5.41) is 3.33. The van der Waals surface area contributed by atoms with E-state index < -0.39 is 0 Å². The van der Waals surface area contributed by atoms with E-state index in [0.29, 0.717) is 25.3 Å². The van der Waals surface area contributed by atoms with Gasteiger partial charge in [0.2, 0.25) is 11.8 Å². The monoisotopic (exact) mass is 301 g/mol. The van der Waals surface area contributed by atoms with Gasteiger partial charge in [0.1, 0.15) is 0 Å². The normalized spacial score (nSPS) is 24.1. The van der Waals surface area contributed by atoms with Crippen molar-refractivity contribution in [2.75, 3.05) is 24.5 Å². The lowest BCUT2D eigenvalue weighted by molar-refractivity contribution is -0.122. The average molecular weight is 301 g/mol. The van der Waals surface area contributed by atoms with Crippen molar-refractivity contribution in [3.8, 4) is 0 Å². The van der Waals surface area contributed by atoms with Gasteiger partial charge in [0.25, 0.3) is 0 Å². The molecule has 0 saturated carbocycles. The number of amides is 2. The summed E-state index contributed by atoms with van der Waals surface area (Å²) in [5.74, 6) is 0.0838. The van der Waals surface area contributed by atoms with Crippen LogP contribution < -0.4 is 16.0 Å². The van der Waals surface area contributed by atoms with Crippen molar-refractivity contribution in [2.24, 2.45) is 17.6 Å². The maximum absolute atomic E-state index is 12.6. The zero-order chi connectivity index (χ0) is 15.5. The number of anilines is 1. The molecule has 1 fully saturated rings. The van der Waals surface area contributed by atoms with Gasteiger partial charge in [-0.15, -0.1) is 0 Å². The number of nitrogens with one attached hydrogen (secondary N) is 1. The molecule has 5 nitrogen and oxygen atoms in total. The second-order valence-corrected chi connectivity index (χ2v) is 6.33. The Morgan fingerprint density at radius 2 is 2.14 bits per heavy atom. The number of hydrogen-bond acceptors (Lipinski definition) is 3. The van der Waals surface area contributed by atoms with E-state index in [1.54, 1.807) is 4.90 Å². The molecule has 2 atom stereocenters. The molecule has 1 aromatic rings. The summed E-state index contributed by atoms with van der Waals surface area (Å²) >= 11 is 0. The number of rotatable bonds is 4. The molecule has 118 valence electrons. The predicted octanol–water partition coefficient (Wildman–Crippen LogP) is 1.07. The van der Waals surface area contributed by atoms with Gasteiger partial charge in [-0.1, -0.05) is 18.2 Å². The molecule has 2 heterocycles. The fourth-order valence-corrected chi connectivity index (χ4v) is 3.45. The molecule has 0 bridgehead atoms. The first-order valence-electron chi connectivity index (χ1n) is 8.03. The van der Waals surface area contributed by atoms with Crippen molar-refractivity contribution in [1.29, 1.82) is 0 Å². The van der Waals surface area contributed by atoms with E-state index in [1.807, 2.05) is 24.3 Å². The van der Waals surface area contributed by atoms with E-state index in [4.69, 9.17) is 5.73 Å². The molecule has 0 spiro atoms. The van der Waals surface area contributed by atoms with Crippen LogP contribution in [0.2, 0.25) is 0 Å². The fourth-order valence-electron chi connectivity index (χ4n) is 3.45. The van der Waals surface area contributed by atoms with Crippen molar-refractivity contribution >= 4 is 17.5 Å². The Morgan fingerprint density at radius 1 is 1.32 bits per heavy atom. The zero-order valence-corrected chi connectivity index (χ0v) is 12.8. The topological polar surface area (TPSA) is 75.4 Å². The maximum atomic E-state index is 12.6. The summed E-state index contributed by atoms with van der Waals surface area (Å²) in [7, 11) is 0. The van der Waals surface area contributed by atoms with Crippen LogP contribution in [0.4, 0.5) is 5.69 Å². The van der Waals surface area contributed by atoms with Gasteiger partial charge >= 0.3 is 0 Å². The second-order valence-electron chi connectivity index (χ2n) is 6.33. The molecule has 2 aliphatic heterocycles. The molecule has 22 heavy (non-hydrogen) atoms. The molecule has 5 heteroatoms. The number of carbonyl (C=O) groups excluding carboxylic acids is 2. The lowest BCUT2D eigenvalue weighted by atomic mass is 9.91. The van der Waals surface area contributed by atoms with Crippen LogP contribution in [0.3, 0.4) is 0 Å². The highest BCUT2D eigenvalue weighted by Gasteiger charge is 2.31. The fraction of sp³-hybridized carbons (Fsp3) is 0.529. The summed E-state index contributed by atoms with van der Waals surface area (Å²) in [6, 6.07) is 7.81. The standard InChI is InChI=1S/C17H23N3O2/c18-17(22)14-9-13-3-1-2-4-15(13)20(11-14)16(21)6-5-12-7-8-19-10-12/h1-4,12,14,19H,5-11H2,(H2,18,22). The van der Waals surface area contributed by atoms with Crippen LogP contribution in [-0.4, -0.2) is 31.4 Å². The van der Waals surface area contributed by atoms with Crippen molar-refractivity contribution in [1.82, 2.24) is 5.32 Å². The minimum absolute atomic E-state index is 0.102. The first-order chi connectivity index (χ1) is 10.6. The molecular weight excluding hydrogens is 278 g/mol. The molecule has 0 aliphatic carbocycles. The van der Waals surface area contributed by atoms with Gasteiger partial charge in [-0.05, 0) is 49.9 Å². The molecule has 1 aromatic carbocycles. The third-order valence-corrected chi connectivity index (χ3v) is 4.78. The highest BCUT2D eigenvalue weighted by molar-refractivity contribution is 5.96. The van der Waals surface area contributed by atoms with Gasteiger partial charge in [-0.3, -0.25) is 9.59 Å². The Bertz CT molecular complexity index is 567. The number of hydrogen-bond donors (Lipinski definition) is 2. The van der Waals surface area contributed by atoms with E-state index in [0.717, 1.165) is 37.2 Å². The number of nitrogens with zero attached hydrogens (tertiary/aromatic N) is 1. The minimum Gasteiger partial charge on any atom is -0.369 e. The summed E-state index contributed by atoms with van der Waals surface area (Å²) in [4.78, 5) is 26.0. The van der Waals surface area contributed by atoms with E-state index >= 15 is 0 Å². The van der Waals surface area contributed by atoms with Crippen molar-refractivity contribution < 1.29 is 9.59 Å². The van der Waals surface area contributed by atoms with Crippen LogP contribution in [0, 0.1) is 11.8 Å². The first-order valence-corrected chi connectivity index (χ1v) is 8.03. The Hall–Kier alpha value is -1.88. The Morgan fingerprint density at radius 3 is 2.86 bits per heavy atom. The van der Waals surface area contributed by atoms with Gasteiger partial charge < -0.3 is 16.0 Å². The smallest absolute Gasteiger partial charge is 0.227 e. The quantitative estimate of drug-likeness (QED) is 0.873. The van der Waals surface area contributed by atoms with Crippen LogP contribution in [0.15, 0.2) is 24.3 Å². The predicted molar refractivity (Wildman–Crippen MR) is 85.4 cm³/mol.